The van der Waals surface area contributed by atoms with Gasteiger partial charge in [0, 0.05) is 30.1 Å². The topological polar surface area (TPSA) is 91.7 Å². The fraction of sp³-hybridized carbons (Fsp3) is 0.762. The molecule has 0 aliphatic heterocycles. The van der Waals surface area contributed by atoms with E-state index >= 15 is 0 Å². The number of hydrogen-bond acceptors (Lipinski definition) is 5. The van der Waals surface area contributed by atoms with E-state index in [0.717, 1.165) is 24.8 Å². The molecule has 5 heteroatoms. The van der Waals surface area contributed by atoms with E-state index in [-0.39, 0.29) is 41.2 Å². The van der Waals surface area contributed by atoms with Gasteiger partial charge in [-0.3, -0.25) is 14.4 Å². The predicted octanol–water partition coefficient (Wildman–Crippen LogP) is 2.19. The van der Waals surface area contributed by atoms with Crippen molar-refractivity contribution in [3.8, 4) is 0 Å². The zero-order valence-corrected chi connectivity index (χ0v) is 15.7. The maximum Gasteiger partial charge on any atom is 0.228 e. The molecule has 0 saturated heterocycles. The van der Waals surface area contributed by atoms with Crippen molar-refractivity contribution in [2.24, 2.45) is 34.5 Å². The summed E-state index contributed by atoms with van der Waals surface area (Å²) in [6.07, 6.45) is 4.97. The lowest BCUT2D eigenvalue weighted by Crippen LogP contribution is -2.58. The van der Waals surface area contributed by atoms with Gasteiger partial charge in [-0.2, -0.15) is 0 Å². The van der Waals surface area contributed by atoms with Crippen LogP contribution in [-0.2, 0) is 14.4 Å². The molecule has 0 aromatic rings. The highest BCUT2D eigenvalue weighted by molar-refractivity contribution is 5.98. The summed E-state index contributed by atoms with van der Waals surface area (Å²) >= 11 is 0. The molecule has 3 fully saturated rings. The minimum absolute atomic E-state index is 0.0511. The third-order valence-electron chi connectivity index (χ3n) is 8.23. The van der Waals surface area contributed by atoms with Gasteiger partial charge >= 0.3 is 0 Å². The minimum atomic E-state index is -2.39. The Labute approximate surface area is 153 Å². The highest BCUT2D eigenvalue weighted by atomic mass is 16.5. The normalized spacial score (nSPS) is 46.9. The molecule has 26 heavy (non-hydrogen) atoms. The number of allylic oxidation sites excluding steroid dienone is 1. The first-order chi connectivity index (χ1) is 12.0. The standard InChI is InChI=1S/C21H28O5/c1-11(22)14-6-7-15-13-5-4-12-8-17(24)21(25,26)10-20(12,3)18(13)16(23)9-19(14,15)2/h8,13-15,18,25-26H,4-7,9-10H2,1-3H3/t13-,14+,15-,18+,19+,20-/m0/s1. The molecule has 0 amide bonds. The van der Waals surface area contributed by atoms with Crippen LogP contribution in [0, 0.1) is 34.5 Å². The van der Waals surface area contributed by atoms with Crippen molar-refractivity contribution in [3.63, 3.8) is 0 Å². The summed E-state index contributed by atoms with van der Waals surface area (Å²) in [7, 11) is 0. The van der Waals surface area contributed by atoms with Gasteiger partial charge < -0.3 is 10.2 Å². The second-order valence-corrected chi connectivity index (χ2v) is 9.62. The number of aliphatic hydroxyl groups is 2. The number of carbonyl (C=O) groups is 3. The maximum absolute atomic E-state index is 13.3. The van der Waals surface area contributed by atoms with Crippen molar-refractivity contribution < 1.29 is 24.6 Å². The van der Waals surface area contributed by atoms with Crippen LogP contribution >= 0.6 is 0 Å². The quantitative estimate of drug-likeness (QED) is 0.700. The molecule has 6 atom stereocenters. The Morgan fingerprint density at radius 1 is 1.15 bits per heavy atom. The predicted molar refractivity (Wildman–Crippen MR) is 93.8 cm³/mol. The van der Waals surface area contributed by atoms with E-state index in [1.54, 1.807) is 6.92 Å². The van der Waals surface area contributed by atoms with Crippen LogP contribution in [0.4, 0.5) is 0 Å². The summed E-state index contributed by atoms with van der Waals surface area (Å²) in [5.74, 6) is -2.65. The van der Waals surface area contributed by atoms with Gasteiger partial charge in [0.25, 0.3) is 0 Å². The Bertz CT molecular complexity index is 735. The molecular formula is C21H28O5. The summed E-state index contributed by atoms with van der Waals surface area (Å²) in [5, 5.41) is 20.4. The largest absolute Gasteiger partial charge is 0.359 e. The fourth-order valence-electron chi connectivity index (χ4n) is 7.18. The van der Waals surface area contributed by atoms with E-state index in [9.17, 15) is 24.6 Å². The Kier molecular flexibility index (Phi) is 3.72. The van der Waals surface area contributed by atoms with Crippen molar-refractivity contribution in [3.05, 3.63) is 11.6 Å². The van der Waals surface area contributed by atoms with Crippen LogP contribution in [0.3, 0.4) is 0 Å². The maximum atomic E-state index is 13.3. The molecule has 0 heterocycles. The zero-order valence-electron chi connectivity index (χ0n) is 15.7. The molecule has 0 aromatic carbocycles. The third kappa shape index (κ3) is 2.19. The van der Waals surface area contributed by atoms with Gasteiger partial charge in [-0.15, -0.1) is 0 Å². The molecule has 3 saturated carbocycles. The van der Waals surface area contributed by atoms with Gasteiger partial charge in [0.15, 0.2) is 0 Å². The van der Waals surface area contributed by atoms with Crippen molar-refractivity contribution >= 4 is 17.3 Å². The van der Waals surface area contributed by atoms with E-state index in [1.165, 1.54) is 6.08 Å². The molecule has 4 aliphatic carbocycles. The average molecular weight is 360 g/mol. The first-order valence-electron chi connectivity index (χ1n) is 9.74. The van der Waals surface area contributed by atoms with Gasteiger partial charge in [0.05, 0.1) is 0 Å². The van der Waals surface area contributed by atoms with E-state index in [4.69, 9.17) is 0 Å². The molecule has 2 N–H and O–H groups in total. The van der Waals surface area contributed by atoms with Crippen LogP contribution in [0.1, 0.15) is 59.3 Å². The van der Waals surface area contributed by atoms with E-state index < -0.39 is 17.0 Å². The smallest absolute Gasteiger partial charge is 0.228 e. The van der Waals surface area contributed by atoms with Crippen LogP contribution in [0.2, 0.25) is 0 Å². The van der Waals surface area contributed by atoms with E-state index in [2.05, 4.69) is 6.92 Å². The number of Topliss-reactive ketones (excluding diaryl/α,β-unsaturated/α-hetero) is 2. The lowest BCUT2D eigenvalue weighted by molar-refractivity contribution is -0.199. The molecule has 0 bridgehead atoms. The Morgan fingerprint density at radius 3 is 2.50 bits per heavy atom. The Hall–Kier alpha value is -1.33. The summed E-state index contributed by atoms with van der Waals surface area (Å²) in [6.45, 7) is 5.66. The molecule has 0 unspecified atom stereocenters. The number of carbonyl (C=O) groups excluding carboxylic acids is 3. The second kappa shape index (κ2) is 5.35. The zero-order chi connectivity index (χ0) is 19.1. The van der Waals surface area contributed by atoms with Gasteiger partial charge in [0.2, 0.25) is 11.6 Å². The number of rotatable bonds is 1. The number of ketones is 3. The molecule has 142 valence electrons. The van der Waals surface area contributed by atoms with Gasteiger partial charge in [0.1, 0.15) is 11.6 Å². The molecule has 4 aliphatic rings. The number of fused-ring (bicyclic) bond motifs is 5. The highest BCUT2D eigenvalue weighted by Gasteiger charge is 2.64. The number of hydrogen-bond donors (Lipinski definition) is 2. The first-order valence-corrected chi connectivity index (χ1v) is 9.74. The van der Waals surface area contributed by atoms with Crippen molar-refractivity contribution in [2.45, 2.75) is 65.1 Å². The second-order valence-electron chi connectivity index (χ2n) is 9.62. The Balaban J connectivity index is 1.76. The van der Waals surface area contributed by atoms with Crippen LogP contribution in [0.25, 0.3) is 0 Å². The van der Waals surface area contributed by atoms with Crippen LogP contribution in [0.15, 0.2) is 11.6 Å². The summed E-state index contributed by atoms with van der Waals surface area (Å²) in [4.78, 5) is 37.5. The lowest BCUT2D eigenvalue weighted by atomic mass is 9.46. The molecule has 0 spiro atoms. The van der Waals surface area contributed by atoms with E-state index in [1.807, 2.05) is 6.92 Å². The fourth-order valence-corrected chi connectivity index (χ4v) is 7.18. The Morgan fingerprint density at radius 2 is 1.85 bits per heavy atom. The summed E-state index contributed by atoms with van der Waals surface area (Å²) < 4.78 is 0. The average Bonchev–Trinajstić information content (AvgIpc) is 2.84. The van der Waals surface area contributed by atoms with Gasteiger partial charge in [-0.1, -0.05) is 19.4 Å². The van der Waals surface area contributed by atoms with Crippen LogP contribution in [0.5, 0.6) is 0 Å². The van der Waals surface area contributed by atoms with Gasteiger partial charge in [-0.25, -0.2) is 0 Å². The van der Waals surface area contributed by atoms with Crippen molar-refractivity contribution in [2.75, 3.05) is 0 Å². The lowest BCUT2D eigenvalue weighted by Gasteiger charge is -2.57. The van der Waals surface area contributed by atoms with Crippen molar-refractivity contribution in [1.29, 1.82) is 0 Å². The third-order valence-corrected chi connectivity index (χ3v) is 8.23. The van der Waals surface area contributed by atoms with Gasteiger partial charge in [-0.05, 0) is 55.9 Å². The summed E-state index contributed by atoms with van der Waals surface area (Å²) in [5.41, 5.74) is -0.0742. The van der Waals surface area contributed by atoms with Crippen molar-refractivity contribution in [1.82, 2.24) is 0 Å². The first kappa shape index (κ1) is 18.1. The summed E-state index contributed by atoms with van der Waals surface area (Å²) in [6, 6.07) is 0. The van der Waals surface area contributed by atoms with E-state index in [0.29, 0.717) is 18.8 Å². The molecular weight excluding hydrogens is 332 g/mol. The molecule has 4 rings (SSSR count). The highest BCUT2D eigenvalue weighted by Crippen LogP contribution is 2.66. The SMILES string of the molecule is CC(=O)[C@H]1CC[C@H]2[C@@H]3CCC4=CC(=O)C(O)(O)C[C@]4(C)[C@H]3C(=O)C[C@]12C. The molecule has 5 nitrogen and oxygen atoms in total. The monoisotopic (exact) mass is 360 g/mol. The molecule has 0 aromatic heterocycles. The minimum Gasteiger partial charge on any atom is -0.359 e. The van der Waals surface area contributed by atoms with Crippen LogP contribution in [-0.4, -0.2) is 33.3 Å². The van der Waals surface area contributed by atoms with Crippen LogP contribution < -0.4 is 0 Å². The molecule has 0 radical (unpaired) electrons.